The number of para-hydroxylation sites is 1. The van der Waals surface area contributed by atoms with E-state index < -0.39 is 0 Å². The Balaban J connectivity index is 1.85. The molecule has 2 bridgehead atoms. The van der Waals surface area contributed by atoms with Crippen molar-refractivity contribution in [2.24, 2.45) is 5.92 Å². The third-order valence-electron chi connectivity index (χ3n) is 6.65. The van der Waals surface area contributed by atoms with Gasteiger partial charge < -0.3 is 15.2 Å². The molecule has 3 aliphatic heterocycles. The summed E-state index contributed by atoms with van der Waals surface area (Å²) in [5.41, 5.74) is 5.05. The number of hydrogen-bond acceptors (Lipinski definition) is 3. The minimum Gasteiger partial charge on any atom is -0.632 e. The van der Waals surface area contributed by atoms with E-state index in [0.717, 1.165) is 41.7 Å². The number of benzene rings is 1. The number of hydrogen-bond donors (Lipinski definition) is 1. The van der Waals surface area contributed by atoms with Crippen LogP contribution in [0.2, 0.25) is 0 Å². The Labute approximate surface area is 135 Å². The molecule has 0 saturated carbocycles. The first-order chi connectivity index (χ1) is 11.1. The van der Waals surface area contributed by atoms with E-state index in [0.29, 0.717) is 13.1 Å². The zero-order chi connectivity index (χ0) is 15.8. The molecule has 1 spiro atoms. The van der Waals surface area contributed by atoms with Gasteiger partial charge in [-0.25, -0.2) is 0 Å². The molecule has 3 heterocycles. The Morgan fingerprint density at radius 1 is 1.39 bits per heavy atom. The summed E-state index contributed by atoms with van der Waals surface area (Å²) < 4.78 is -0.123. The van der Waals surface area contributed by atoms with Crippen LogP contribution >= 0.6 is 0 Å². The highest BCUT2D eigenvalue weighted by molar-refractivity contribution is 5.84. The second-order valence-corrected chi connectivity index (χ2v) is 7.34. The first-order valence-electron chi connectivity index (χ1n) is 8.43. The van der Waals surface area contributed by atoms with Crippen molar-refractivity contribution < 1.29 is 9.44 Å². The van der Waals surface area contributed by atoms with Crippen LogP contribution in [0.3, 0.4) is 0 Å². The van der Waals surface area contributed by atoms with Gasteiger partial charge in [-0.2, -0.15) is 0 Å². The highest BCUT2D eigenvalue weighted by Crippen LogP contribution is 2.62. The van der Waals surface area contributed by atoms with Gasteiger partial charge in [-0.1, -0.05) is 24.3 Å². The zero-order valence-corrected chi connectivity index (χ0v) is 13.2. The monoisotopic (exact) mass is 308 g/mol. The number of anilines is 1. The number of fused-ring (bicyclic) bond motifs is 2. The lowest BCUT2D eigenvalue weighted by molar-refractivity contribution is -0.895. The normalized spacial score (nSPS) is 41.6. The number of allylic oxidation sites excluding steroid dienone is 2. The SMILES string of the molecule is C/C=C1/C[N+]2([O-])CC[C@]34C(=C(C=O)[C@H]1C[C@@H]32)Nc1ccccc14. The highest BCUT2D eigenvalue weighted by Gasteiger charge is 2.66. The molecule has 0 amide bonds. The molecule has 4 heteroatoms. The van der Waals surface area contributed by atoms with Crippen LogP contribution < -0.4 is 5.32 Å². The predicted molar refractivity (Wildman–Crippen MR) is 88.5 cm³/mol. The van der Waals surface area contributed by atoms with Gasteiger partial charge in [0.25, 0.3) is 0 Å². The molecular formula is C19H20N2O2. The number of piperidine rings is 1. The molecule has 0 radical (unpaired) electrons. The Kier molecular flexibility index (Phi) is 2.43. The van der Waals surface area contributed by atoms with Crippen LogP contribution in [0.1, 0.15) is 25.3 Å². The van der Waals surface area contributed by atoms with E-state index in [1.54, 1.807) is 0 Å². The van der Waals surface area contributed by atoms with Crippen molar-refractivity contribution in [3.05, 3.63) is 58.0 Å². The van der Waals surface area contributed by atoms with Crippen molar-refractivity contribution in [3.63, 3.8) is 0 Å². The first kappa shape index (κ1) is 13.5. The molecular weight excluding hydrogens is 288 g/mol. The first-order valence-corrected chi connectivity index (χ1v) is 8.43. The fourth-order valence-electron chi connectivity index (χ4n) is 5.70. The predicted octanol–water partition coefficient (Wildman–Crippen LogP) is 2.87. The van der Waals surface area contributed by atoms with Gasteiger partial charge >= 0.3 is 0 Å². The summed E-state index contributed by atoms with van der Waals surface area (Å²) in [6, 6.07) is 8.29. The lowest BCUT2D eigenvalue weighted by Gasteiger charge is -2.55. The molecule has 118 valence electrons. The van der Waals surface area contributed by atoms with E-state index in [2.05, 4.69) is 23.5 Å². The molecule has 1 N–H and O–H groups in total. The van der Waals surface area contributed by atoms with Gasteiger partial charge in [0.1, 0.15) is 18.9 Å². The summed E-state index contributed by atoms with van der Waals surface area (Å²) in [4.78, 5) is 12.0. The van der Waals surface area contributed by atoms with E-state index in [4.69, 9.17) is 0 Å². The van der Waals surface area contributed by atoms with Crippen LogP contribution in [0.4, 0.5) is 5.69 Å². The molecule has 4 atom stereocenters. The van der Waals surface area contributed by atoms with Crippen LogP contribution in [0, 0.1) is 11.1 Å². The molecule has 1 aromatic carbocycles. The quantitative estimate of drug-likeness (QED) is 0.376. The molecule has 1 unspecified atom stereocenters. The van der Waals surface area contributed by atoms with Crippen molar-refractivity contribution in [1.29, 1.82) is 0 Å². The summed E-state index contributed by atoms with van der Waals surface area (Å²) in [7, 11) is 0. The largest absolute Gasteiger partial charge is 0.632 e. The Morgan fingerprint density at radius 3 is 3.00 bits per heavy atom. The van der Waals surface area contributed by atoms with Gasteiger partial charge in [0.2, 0.25) is 0 Å². The Hall–Kier alpha value is -1.91. The van der Waals surface area contributed by atoms with Gasteiger partial charge in [-0.15, -0.1) is 0 Å². The standard InChI is InChI=1S/C19H20N2O2/c1-2-12-10-21(23)8-7-19-15-5-3-4-6-16(15)20-18(19)14(11-22)13(12)9-17(19)21/h2-6,11,13,17,20H,7-10H2,1H3/b12-2-/t13-,17-,19+,21?/m0/s1. The Bertz CT molecular complexity index is 796. The maximum absolute atomic E-state index is 13.5. The molecule has 1 aromatic rings. The lowest BCUT2D eigenvalue weighted by Crippen LogP contribution is -2.60. The number of rotatable bonds is 1. The van der Waals surface area contributed by atoms with Gasteiger partial charge in [-0.05, 0) is 24.1 Å². The summed E-state index contributed by atoms with van der Waals surface area (Å²) in [6.07, 6.45) is 4.72. The van der Waals surface area contributed by atoms with Crippen LogP contribution in [-0.2, 0) is 10.2 Å². The fourth-order valence-corrected chi connectivity index (χ4v) is 5.70. The molecule has 0 aromatic heterocycles. The lowest BCUT2D eigenvalue weighted by atomic mass is 9.62. The maximum atomic E-state index is 13.5. The van der Waals surface area contributed by atoms with Gasteiger partial charge in [-0.3, -0.25) is 4.79 Å². The van der Waals surface area contributed by atoms with Crippen LogP contribution in [-0.4, -0.2) is 30.1 Å². The number of hydroxylamine groups is 3. The van der Waals surface area contributed by atoms with Gasteiger partial charge in [0.15, 0.2) is 0 Å². The van der Waals surface area contributed by atoms with Gasteiger partial charge in [0.05, 0.1) is 12.0 Å². The second kappa shape index (κ2) is 4.13. The summed E-state index contributed by atoms with van der Waals surface area (Å²) >= 11 is 0. The van der Waals surface area contributed by atoms with Crippen molar-refractivity contribution in [3.8, 4) is 0 Å². The number of aldehydes is 1. The summed E-state index contributed by atoms with van der Waals surface area (Å²) in [5, 5.41) is 17.1. The third kappa shape index (κ3) is 1.38. The minimum atomic E-state index is -0.273. The molecule has 4 nitrogen and oxygen atoms in total. The van der Waals surface area contributed by atoms with Crippen LogP contribution in [0.25, 0.3) is 0 Å². The number of carbonyl (C=O) groups excluding carboxylic acids is 1. The van der Waals surface area contributed by atoms with Crippen molar-refractivity contribution in [1.82, 2.24) is 0 Å². The molecule has 1 aliphatic carbocycles. The summed E-state index contributed by atoms with van der Waals surface area (Å²) in [5.74, 6) is 0.116. The van der Waals surface area contributed by atoms with E-state index in [9.17, 15) is 10.0 Å². The minimum absolute atomic E-state index is 0.0334. The average Bonchev–Trinajstić information content (AvgIpc) is 3.08. The number of nitrogens with zero attached hydrogens (tertiary/aromatic N) is 1. The number of carbonyl (C=O) groups is 1. The van der Waals surface area contributed by atoms with Crippen LogP contribution in [0.15, 0.2) is 47.2 Å². The smallest absolute Gasteiger partial charge is 0.148 e. The topological polar surface area (TPSA) is 52.2 Å². The zero-order valence-electron chi connectivity index (χ0n) is 13.2. The van der Waals surface area contributed by atoms with E-state index in [-0.39, 0.29) is 22.0 Å². The third-order valence-corrected chi connectivity index (χ3v) is 6.65. The molecule has 5 rings (SSSR count). The van der Waals surface area contributed by atoms with E-state index in [1.165, 1.54) is 5.56 Å². The summed E-state index contributed by atoms with van der Waals surface area (Å²) in [6.45, 7) is 3.17. The van der Waals surface area contributed by atoms with E-state index in [1.807, 2.05) is 19.1 Å². The number of quaternary nitrogens is 1. The fraction of sp³-hybridized carbons (Fsp3) is 0.421. The van der Waals surface area contributed by atoms with Crippen molar-refractivity contribution in [2.45, 2.75) is 31.2 Å². The van der Waals surface area contributed by atoms with E-state index >= 15 is 0 Å². The molecule has 2 fully saturated rings. The Morgan fingerprint density at radius 2 is 2.22 bits per heavy atom. The second-order valence-electron chi connectivity index (χ2n) is 7.34. The van der Waals surface area contributed by atoms with Gasteiger partial charge in [0, 0.05) is 35.7 Å². The van der Waals surface area contributed by atoms with Crippen molar-refractivity contribution >= 4 is 12.0 Å². The maximum Gasteiger partial charge on any atom is 0.148 e. The molecule has 23 heavy (non-hydrogen) atoms. The van der Waals surface area contributed by atoms with Crippen LogP contribution in [0.5, 0.6) is 0 Å². The number of nitrogens with one attached hydrogen (secondary N) is 1. The molecule has 4 aliphatic rings. The molecule has 2 saturated heterocycles. The average molecular weight is 308 g/mol. The van der Waals surface area contributed by atoms with Crippen molar-refractivity contribution in [2.75, 3.05) is 18.4 Å². The highest BCUT2D eigenvalue weighted by atomic mass is 16.5.